The van der Waals surface area contributed by atoms with Gasteiger partial charge in [0.2, 0.25) is 0 Å². The van der Waals surface area contributed by atoms with Crippen LogP contribution >= 0.6 is 0 Å². The third-order valence-electron chi connectivity index (χ3n) is 3.06. The largest absolute Gasteiger partial charge is 0.480 e. The van der Waals surface area contributed by atoms with Crippen LogP contribution in [-0.4, -0.2) is 36.9 Å². The van der Waals surface area contributed by atoms with Crippen LogP contribution in [0.4, 0.5) is 0 Å². The van der Waals surface area contributed by atoms with E-state index < -0.39 is 11.5 Å². The average Bonchev–Trinajstić information content (AvgIpc) is 2.32. The van der Waals surface area contributed by atoms with E-state index in [1.807, 2.05) is 0 Å². The maximum atomic E-state index is 10.9. The van der Waals surface area contributed by atoms with Crippen LogP contribution in [-0.2, 0) is 9.53 Å². The molecule has 17 heavy (non-hydrogen) atoms. The molecular formula is C13H27NO3. The quantitative estimate of drug-likeness (QED) is 0.549. The van der Waals surface area contributed by atoms with E-state index in [9.17, 15) is 4.79 Å². The first kappa shape index (κ1) is 16.4. The molecule has 1 unspecified atom stereocenters. The minimum atomic E-state index is -0.970. The van der Waals surface area contributed by atoms with Gasteiger partial charge in [0.05, 0.1) is 6.61 Å². The summed E-state index contributed by atoms with van der Waals surface area (Å²) in [5.41, 5.74) is -0.970. The summed E-state index contributed by atoms with van der Waals surface area (Å²) in [7, 11) is 1.64. The number of likely N-dealkylation sites (N-methyl/N-ethyl adjacent to an activating group) is 1. The molecule has 0 spiro atoms. The Balaban J connectivity index is 3.47. The molecule has 4 heteroatoms. The second kappa shape index (κ2) is 9.42. The summed E-state index contributed by atoms with van der Waals surface area (Å²) >= 11 is 0. The van der Waals surface area contributed by atoms with Crippen molar-refractivity contribution in [3.63, 3.8) is 0 Å². The van der Waals surface area contributed by atoms with E-state index in [1.54, 1.807) is 14.0 Å². The van der Waals surface area contributed by atoms with Crippen LogP contribution in [0, 0.1) is 0 Å². The van der Waals surface area contributed by atoms with Crippen molar-refractivity contribution in [3.8, 4) is 0 Å². The lowest BCUT2D eigenvalue weighted by Crippen LogP contribution is -2.51. The zero-order valence-corrected chi connectivity index (χ0v) is 11.4. The molecule has 0 radical (unpaired) electrons. The highest BCUT2D eigenvalue weighted by Gasteiger charge is 2.31. The van der Waals surface area contributed by atoms with E-state index in [0.29, 0.717) is 6.61 Å². The first-order valence-corrected chi connectivity index (χ1v) is 6.57. The second-order valence-corrected chi connectivity index (χ2v) is 4.71. The Morgan fingerprint density at radius 3 is 2.35 bits per heavy atom. The Hall–Kier alpha value is -0.610. The SMILES string of the molecule is CCCCCCCCOCC(C)(NC)C(=O)O. The van der Waals surface area contributed by atoms with Gasteiger partial charge in [0.25, 0.3) is 0 Å². The van der Waals surface area contributed by atoms with Crippen LogP contribution in [0.1, 0.15) is 52.4 Å². The monoisotopic (exact) mass is 245 g/mol. The molecule has 2 N–H and O–H groups in total. The summed E-state index contributed by atoms with van der Waals surface area (Å²) in [6.07, 6.45) is 7.29. The van der Waals surface area contributed by atoms with E-state index in [1.165, 1.54) is 32.1 Å². The van der Waals surface area contributed by atoms with Gasteiger partial charge in [-0.05, 0) is 20.4 Å². The highest BCUT2D eigenvalue weighted by Crippen LogP contribution is 2.07. The van der Waals surface area contributed by atoms with Crippen LogP contribution in [0.25, 0.3) is 0 Å². The third-order valence-corrected chi connectivity index (χ3v) is 3.06. The molecule has 102 valence electrons. The van der Waals surface area contributed by atoms with Crippen molar-refractivity contribution in [2.75, 3.05) is 20.3 Å². The lowest BCUT2D eigenvalue weighted by molar-refractivity contribution is -0.146. The minimum absolute atomic E-state index is 0.216. The number of unbranched alkanes of at least 4 members (excludes halogenated alkanes) is 5. The summed E-state index contributed by atoms with van der Waals surface area (Å²) in [4.78, 5) is 10.9. The topological polar surface area (TPSA) is 58.6 Å². The van der Waals surface area contributed by atoms with Crippen molar-refractivity contribution >= 4 is 5.97 Å². The first-order valence-electron chi connectivity index (χ1n) is 6.57. The number of rotatable bonds is 11. The van der Waals surface area contributed by atoms with Gasteiger partial charge in [0.15, 0.2) is 0 Å². The summed E-state index contributed by atoms with van der Waals surface area (Å²) < 4.78 is 5.41. The van der Waals surface area contributed by atoms with E-state index in [4.69, 9.17) is 9.84 Å². The predicted molar refractivity (Wildman–Crippen MR) is 69.3 cm³/mol. The smallest absolute Gasteiger partial charge is 0.326 e. The fourth-order valence-corrected chi connectivity index (χ4v) is 1.50. The second-order valence-electron chi connectivity index (χ2n) is 4.71. The normalized spacial score (nSPS) is 14.5. The van der Waals surface area contributed by atoms with Gasteiger partial charge in [-0.25, -0.2) is 0 Å². The van der Waals surface area contributed by atoms with Crippen molar-refractivity contribution in [1.29, 1.82) is 0 Å². The maximum absolute atomic E-state index is 10.9. The van der Waals surface area contributed by atoms with Crippen LogP contribution < -0.4 is 5.32 Å². The molecule has 0 saturated heterocycles. The van der Waals surface area contributed by atoms with Gasteiger partial charge in [-0.3, -0.25) is 4.79 Å². The molecule has 0 saturated carbocycles. The van der Waals surface area contributed by atoms with Crippen LogP contribution in [0.2, 0.25) is 0 Å². The zero-order valence-electron chi connectivity index (χ0n) is 11.4. The Bertz CT molecular complexity index is 209. The summed E-state index contributed by atoms with van der Waals surface area (Å²) in [6, 6.07) is 0. The number of nitrogens with one attached hydrogen (secondary N) is 1. The highest BCUT2D eigenvalue weighted by molar-refractivity contribution is 5.78. The van der Waals surface area contributed by atoms with Crippen molar-refractivity contribution in [2.45, 2.75) is 57.9 Å². The number of carboxylic acids is 1. The van der Waals surface area contributed by atoms with Gasteiger partial charge in [-0.15, -0.1) is 0 Å². The molecule has 0 aliphatic heterocycles. The fourth-order valence-electron chi connectivity index (χ4n) is 1.50. The van der Waals surface area contributed by atoms with E-state index in [-0.39, 0.29) is 6.61 Å². The van der Waals surface area contributed by atoms with Crippen LogP contribution in [0.5, 0.6) is 0 Å². The maximum Gasteiger partial charge on any atom is 0.326 e. The molecule has 0 aliphatic rings. The van der Waals surface area contributed by atoms with Gasteiger partial charge in [-0.2, -0.15) is 0 Å². The van der Waals surface area contributed by atoms with E-state index in [0.717, 1.165) is 6.42 Å². The fraction of sp³-hybridized carbons (Fsp3) is 0.923. The van der Waals surface area contributed by atoms with Gasteiger partial charge in [0.1, 0.15) is 5.54 Å². The van der Waals surface area contributed by atoms with Crippen molar-refractivity contribution in [1.82, 2.24) is 5.32 Å². The summed E-state index contributed by atoms with van der Waals surface area (Å²) in [5, 5.41) is 11.8. The van der Waals surface area contributed by atoms with Crippen molar-refractivity contribution in [3.05, 3.63) is 0 Å². The molecule has 0 fully saturated rings. The zero-order chi connectivity index (χ0) is 13.1. The molecular weight excluding hydrogens is 218 g/mol. The van der Waals surface area contributed by atoms with Gasteiger partial charge >= 0.3 is 5.97 Å². The Morgan fingerprint density at radius 1 is 1.24 bits per heavy atom. The molecule has 0 aromatic carbocycles. The number of ether oxygens (including phenoxy) is 1. The van der Waals surface area contributed by atoms with Gasteiger partial charge < -0.3 is 15.2 Å². The Kier molecular flexibility index (Phi) is 9.09. The van der Waals surface area contributed by atoms with Gasteiger partial charge in [0, 0.05) is 6.61 Å². The third kappa shape index (κ3) is 7.34. The van der Waals surface area contributed by atoms with E-state index in [2.05, 4.69) is 12.2 Å². The number of aliphatic carboxylic acids is 1. The molecule has 0 aromatic heterocycles. The standard InChI is InChI=1S/C13H27NO3/c1-4-5-6-7-8-9-10-17-11-13(2,14-3)12(15)16/h14H,4-11H2,1-3H3,(H,15,16). The molecule has 4 nitrogen and oxygen atoms in total. The lowest BCUT2D eigenvalue weighted by Gasteiger charge is -2.23. The average molecular weight is 245 g/mol. The first-order chi connectivity index (χ1) is 8.06. The molecule has 0 aliphatic carbocycles. The number of hydrogen-bond acceptors (Lipinski definition) is 3. The molecule has 0 aromatic rings. The molecule has 0 bridgehead atoms. The predicted octanol–water partition coefficient (Wildman–Crippen LogP) is 2.43. The highest BCUT2D eigenvalue weighted by atomic mass is 16.5. The van der Waals surface area contributed by atoms with E-state index >= 15 is 0 Å². The van der Waals surface area contributed by atoms with Crippen molar-refractivity contribution < 1.29 is 14.6 Å². The Morgan fingerprint density at radius 2 is 1.82 bits per heavy atom. The molecule has 0 rings (SSSR count). The Labute approximate surface area is 105 Å². The molecule has 0 heterocycles. The summed E-state index contributed by atoms with van der Waals surface area (Å²) in [5.74, 6) is -0.872. The number of carboxylic acid groups (broad SMARTS) is 1. The van der Waals surface area contributed by atoms with Crippen LogP contribution in [0.15, 0.2) is 0 Å². The molecule has 1 atom stereocenters. The van der Waals surface area contributed by atoms with Crippen molar-refractivity contribution in [2.24, 2.45) is 0 Å². The number of carbonyl (C=O) groups is 1. The van der Waals surface area contributed by atoms with Gasteiger partial charge in [-0.1, -0.05) is 39.0 Å². The van der Waals surface area contributed by atoms with Crippen LogP contribution in [0.3, 0.4) is 0 Å². The summed E-state index contributed by atoms with van der Waals surface area (Å²) in [6.45, 7) is 4.70. The number of hydrogen-bond donors (Lipinski definition) is 2. The minimum Gasteiger partial charge on any atom is -0.480 e. The molecule has 0 amide bonds. The lowest BCUT2D eigenvalue weighted by atomic mass is 10.1.